The first kappa shape index (κ1) is 15.8. The second-order valence-corrected chi connectivity index (χ2v) is 5.89. The fraction of sp³-hybridized carbons (Fsp3) is 0.143. The number of aryl methyl sites for hydroxylation is 2. The van der Waals surface area contributed by atoms with Gasteiger partial charge in [-0.2, -0.15) is 5.26 Å². The first-order valence-electron chi connectivity index (χ1n) is 7.87. The van der Waals surface area contributed by atoms with E-state index in [-0.39, 0.29) is 5.78 Å². The number of carbonyl (C=O) groups excluding carboxylic acids is 1. The summed E-state index contributed by atoms with van der Waals surface area (Å²) in [5.41, 5.74) is 5.17. The molecule has 1 aromatic heterocycles. The Hall–Kier alpha value is -3.12. The number of nitriles is 1. The van der Waals surface area contributed by atoms with Crippen molar-refractivity contribution in [3.63, 3.8) is 0 Å². The summed E-state index contributed by atoms with van der Waals surface area (Å²) in [6.45, 7) is 3.65. The minimum absolute atomic E-state index is 0.0973. The highest BCUT2D eigenvalue weighted by Gasteiger charge is 2.22. The molecule has 3 aromatic rings. The fourth-order valence-electron chi connectivity index (χ4n) is 3.05. The molecule has 0 aliphatic rings. The predicted molar refractivity (Wildman–Crippen MR) is 94.1 cm³/mol. The number of benzene rings is 2. The molecule has 0 fully saturated rings. The zero-order valence-electron chi connectivity index (χ0n) is 13.8. The van der Waals surface area contributed by atoms with Crippen molar-refractivity contribution in [2.75, 3.05) is 0 Å². The van der Waals surface area contributed by atoms with E-state index >= 15 is 0 Å². The van der Waals surface area contributed by atoms with Crippen molar-refractivity contribution in [3.8, 4) is 6.07 Å². The summed E-state index contributed by atoms with van der Waals surface area (Å²) < 4.78 is 0. The summed E-state index contributed by atoms with van der Waals surface area (Å²) >= 11 is 0. The van der Waals surface area contributed by atoms with Crippen molar-refractivity contribution in [2.45, 2.75) is 20.3 Å². The lowest BCUT2D eigenvalue weighted by Crippen LogP contribution is -2.08. The van der Waals surface area contributed by atoms with Crippen LogP contribution in [0.25, 0.3) is 0 Å². The molecule has 0 unspecified atom stereocenters. The molecule has 0 amide bonds. The maximum absolute atomic E-state index is 13.1. The van der Waals surface area contributed by atoms with Gasteiger partial charge in [0, 0.05) is 17.0 Å². The second kappa shape index (κ2) is 6.55. The summed E-state index contributed by atoms with van der Waals surface area (Å²) in [7, 11) is 0. The Labute approximate surface area is 141 Å². The van der Waals surface area contributed by atoms with E-state index in [4.69, 9.17) is 0 Å². The average Bonchev–Trinajstić information content (AvgIpc) is 2.89. The van der Waals surface area contributed by atoms with Crippen LogP contribution in [-0.4, -0.2) is 10.8 Å². The van der Waals surface area contributed by atoms with E-state index in [1.165, 1.54) is 0 Å². The maximum atomic E-state index is 13.1. The van der Waals surface area contributed by atoms with Crippen LogP contribution in [0.3, 0.4) is 0 Å². The first-order valence-corrected chi connectivity index (χ1v) is 7.87. The van der Waals surface area contributed by atoms with Crippen LogP contribution in [0.15, 0.2) is 54.6 Å². The van der Waals surface area contributed by atoms with Gasteiger partial charge in [0.05, 0.1) is 11.1 Å². The smallest absolute Gasteiger partial charge is 0.196 e. The molecule has 3 nitrogen and oxygen atoms in total. The number of nitrogens with zero attached hydrogens (tertiary/aromatic N) is 1. The molecule has 0 spiro atoms. The van der Waals surface area contributed by atoms with E-state index in [1.54, 1.807) is 0 Å². The van der Waals surface area contributed by atoms with Gasteiger partial charge in [0.1, 0.15) is 6.07 Å². The van der Waals surface area contributed by atoms with Crippen LogP contribution in [0, 0.1) is 25.2 Å². The van der Waals surface area contributed by atoms with Crippen molar-refractivity contribution < 1.29 is 4.79 Å². The van der Waals surface area contributed by atoms with Crippen LogP contribution in [0.4, 0.5) is 0 Å². The monoisotopic (exact) mass is 314 g/mol. The van der Waals surface area contributed by atoms with Gasteiger partial charge in [0.25, 0.3) is 0 Å². The van der Waals surface area contributed by atoms with Crippen molar-refractivity contribution in [2.24, 2.45) is 0 Å². The van der Waals surface area contributed by atoms with Gasteiger partial charge in [-0.25, -0.2) is 0 Å². The number of nitrogens with one attached hydrogen (secondary N) is 1. The van der Waals surface area contributed by atoms with E-state index in [2.05, 4.69) is 11.1 Å². The lowest BCUT2D eigenvalue weighted by atomic mass is 9.93. The zero-order valence-corrected chi connectivity index (χ0v) is 13.8. The third kappa shape index (κ3) is 2.87. The highest BCUT2D eigenvalue weighted by molar-refractivity contribution is 6.12. The van der Waals surface area contributed by atoms with E-state index < -0.39 is 0 Å². The lowest BCUT2D eigenvalue weighted by Gasteiger charge is -2.09. The zero-order chi connectivity index (χ0) is 17.1. The van der Waals surface area contributed by atoms with Crippen molar-refractivity contribution in [3.05, 3.63) is 93.8 Å². The molecule has 0 atom stereocenters. The number of ketones is 1. The van der Waals surface area contributed by atoms with Gasteiger partial charge >= 0.3 is 0 Å². The van der Waals surface area contributed by atoms with Gasteiger partial charge in [-0.15, -0.1) is 0 Å². The number of H-pyrrole nitrogens is 1. The molecule has 0 saturated heterocycles. The third-order valence-corrected chi connectivity index (χ3v) is 4.21. The molecule has 24 heavy (non-hydrogen) atoms. The number of hydrogen-bond donors (Lipinski definition) is 1. The highest BCUT2D eigenvalue weighted by Crippen LogP contribution is 2.24. The Morgan fingerprint density at radius 2 is 1.67 bits per heavy atom. The second-order valence-electron chi connectivity index (χ2n) is 5.89. The molecule has 1 N–H and O–H groups in total. The van der Waals surface area contributed by atoms with Gasteiger partial charge in [-0.05, 0) is 31.4 Å². The van der Waals surface area contributed by atoms with Gasteiger partial charge in [0.15, 0.2) is 5.78 Å². The van der Waals surface area contributed by atoms with Crippen molar-refractivity contribution in [1.82, 2.24) is 4.98 Å². The molecular formula is C21H18N2O. The van der Waals surface area contributed by atoms with E-state index in [0.29, 0.717) is 23.1 Å². The number of hydrogen-bond acceptors (Lipinski definition) is 2. The average molecular weight is 314 g/mol. The van der Waals surface area contributed by atoms with E-state index in [9.17, 15) is 10.1 Å². The Balaban J connectivity index is 2.05. The molecule has 0 bridgehead atoms. The maximum Gasteiger partial charge on any atom is 0.196 e. The molecule has 0 aliphatic carbocycles. The topological polar surface area (TPSA) is 56.6 Å². The Kier molecular flexibility index (Phi) is 4.31. The number of aromatic nitrogens is 1. The molecule has 3 rings (SSSR count). The molecule has 0 aliphatic heterocycles. The summed E-state index contributed by atoms with van der Waals surface area (Å²) in [5.74, 6) is -0.0973. The molecule has 3 heteroatoms. The van der Waals surface area contributed by atoms with E-state index in [0.717, 1.165) is 22.5 Å². The molecule has 0 radical (unpaired) electrons. The van der Waals surface area contributed by atoms with Gasteiger partial charge in [-0.3, -0.25) is 4.79 Å². The van der Waals surface area contributed by atoms with Crippen LogP contribution in [0.1, 0.15) is 44.0 Å². The summed E-state index contributed by atoms with van der Waals surface area (Å²) in [4.78, 5) is 16.2. The summed E-state index contributed by atoms with van der Waals surface area (Å²) in [6.07, 6.45) is 0.688. The van der Waals surface area contributed by atoms with Crippen molar-refractivity contribution in [1.29, 1.82) is 5.26 Å². The quantitative estimate of drug-likeness (QED) is 0.729. The fourth-order valence-corrected chi connectivity index (χ4v) is 3.05. The first-order chi connectivity index (χ1) is 11.6. The van der Waals surface area contributed by atoms with Crippen LogP contribution in [0.5, 0.6) is 0 Å². The van der Waals surface area contributed by atoms with Crippen LogP contribution >= 0.6 is 0 Å². The summed E-state index contributed by atoms with van der Waals surface area (Å²) in [5, 5.41) is 9.39. The van der Waals surface area contributed by atoms with Crippen LogP contribution < -0.4 is 0 Å². The Bertz CT molecular complexity index is 930. The van der Waals surface area contributed by atoms with Gasteiger partial charge in [-0.1, -0.05) is 54.6 Å². The minimum Gasteiger partial charge on any atom is -0.361 e. The lowest BCUT2D eigenvalue weighted by molar-refractivity contribution is 0.103. The summed E-state index contributed by atoms with van der Waals surface area (Å²) in [6, 6.07) is 19.8. The number of carbonyl (C=O) groups is 1. The van der Waals surface area contributed by atoms with Crippen molar-refractivity contribution >= 4 is 5.78 Å². The minimum atomic E-state index is -0.0973. The molecular weight excluding hydrogens is 296 g/mol. The highest BCUT2D eigenvalue weighted by atomic mass is 16.1. The SMILES string of the molecule is Cc1[nH]c(C)c(C(=O)c2ccccc2Cc2ccccc2)c1C#N. The molecule has 1 heterocycles. The normalized spacial score (nSPS) is 10.4. The third-order valence-electron chi connectivity index (χ3n) is 4.21. The van der Waals surface area contributed by atoms with Crippen LogP contribution in [0.2, 0.25) is 0 Å². The molecule has 0 saturated carbocycles. The Morgan fingerprint density at radius 3 is 2.38 bits per heavy atom. The Morgan fingerprint density at radius 1 is 1.00 bits per heavy atom. The van der Waals surface area contributed by atoms with Crippen LogP contribution in [-0.2, 0) is 6.42 Å². The number of aromatic amines is 1. The van der Waals surface area contributed by atoms with Gasteiger partial charge in [0.2, 0.25) is 0 Å². The molecule has 2 aromatic carbocycles. The van der Waals surface area contributed by atoms with E-state index in [1.807, 2.05) is 68.4 Å². The molecule has 118 valence electrons. The largest absolute Gasteiger partial charge is 0.361 e. The van der Waals surface area contributed by atoms with Gasteiger partial charge < -0.3 is 4.98 Å². The standard InChI is InChI=1S/C21H18N2O/c1-14-19(13-22)20(15(2)23-14)21(24)18-11-7-6-10-17(18)12-16-8-4-3-5-9-16/h3-11,23H,12H2,1-2H3. The number of rotatable bonds is 4. The predicted octanol–water partition coefficient (Wildman–Crippen LogP) is 4.33.